The van der Waals surface area contributed by atoms with Gasteiger partial charge >= 0.3 is 5.97 Å². The van der Waals surface area contributed by atoms with Gasteiger partial charge in [-0.1, -0.05) is 16.7 Å². The van der Waals surface area contributed by atoms with Crippen LogP contribution in [0.1, 0.15) is 16.8 Å². The van der Waals surface area contributed by atoms with E-state index in [2.05, 4.69) is 14.8 Å². The van der Waals surface area contributed by atoms with Crippen molar-refractivity contribution in [3.8, 4) is 0 Å². The van der Waals surface area contributed by atoms with Crippen molar-refractivity contribution in [3.05, 3.63) is 39.2 Å². The van der Waals surface area contributed by atoms with E-state index in [-0.39, 0.29) is 24.8 Å². The second kappa shape index (κ2) is 6.47. The summed E-state index contributed by atoms with van der Waals surface area (Å²) in [5.74, 6) is -0.659. The summed E-state index contributed by atoms with van der Waals surface area (Å²) in [4.78, 5) is 27.8. The van der Waals surface area contributed by atoms with E-state index in [9.17, 15) is 9.59 Å². The minimum Gasteiger partial charge on any atom is -0.465 e. The average molecular weight is 309 g/mol. The molecule has 1 heterocycles. The van der Waals surface area contributed by atoms with Gasteiger partial charge in [-0.3, -0.25) is 4.79 Å². The number of rotatable bonds is 4. The smallest absolute Gasteiger partial charge is 0.337 e. The van der Waals surface area contributed by atoms with Gasteiger partial charge in [-0.15, -0.1) is 0 Å². The lowest BCUT2D eigenvalue weighted by atomic mass is 10.1. The quantitative estimate of drug-likeness (QED) is 0.370. The molecule has 1 amide bonds. The number of amides is 1. The minimum atomic E-state index is -0.495. The van der Waals surface area contributed by atoms with Crippen molar-refractivity contribution in [2.24, 2.45) is 11.0 Å². The summed E-state index contributed by atoms with van der Waals surface area (Å²) in [6.45, 7) is 0.662. The first-order valence-electron chi connectivity index (χ1n) is 6.26. The highest BCUT2D eigenvalue weighted by atomic mass is 35.5. The summed E-state index contributed by atoms with van der Waals surface area (Å²) >= 11 is 6.11. The number of anilines is 1. The molecule has 0 N–H and O–H groups in total. The van der Waals surface area contributed by atoms with Crippen LogP contribution in [0.3, 0.4) is 0 Å². The number of halogens is 1. The number of hydrogen-bond acceptors (Lipinski definition) is 4. The molecule has 1 aromatic carbocycles. The molecule has 1 aliphatic rings. The number of carbonyl (C=O) groups excluding carboxylic acids is 2. The molecule has 7 nitrogen and oxygen atoms in total. The molecule has 0 aromatic heterocycles. The van der Waals surface area contributed by atoms with Gasteiger partial charge in [0.25, 0.3) is 0 Å². The number of benzene rings is 1. The van der Waals surface area contributed by atoms with E-state index in [0.29, 0.717) is 22.8 Å². The molecule has 0 saturated carbocycles. The number of nitrogens with zero attached hydrogens (tertiary/aromatic N) is 4. The Kier molecular flexibility index (Phi) is 4.67. The Bertz CT molecular complexity index is 628. The van der Waals surface area contributed by atoms with Crippen molar-refractivity contribution >= 4 is 29.2 Å². The Balaban J connectivity index is 2.27. The molecule has 0 bridgehead atoms. The molecule has 8 heteroatoms. The van der Waals surface area contributed by atoms with Gasteiger partial charge in [0.15, 0.2) is 0 Å². The maximum Gasteiger partial charge on any atom is 0.337 e. The number of hydrogen-bond donors (Lipinski definition) is 0. The maximum atomic E-state index is 12.1. The monoisotopic (exact) mass is 308 g/mol. The normalized spacial score (nSPS) is 17.5. The van der Waals surface area contributed by atoms with Crippen molar-refractivity contribution in [2.45, 2.75) is 6.42 Å². The Morgan fingerprint density at radius 3 is 3.05 bits per heavy atom. The van der Waals surface area contributed by atoms with Crippen molar-refractivity contribution in [1.29, 1.82) is 0 Å². The van der Waals surface area contributed by atoms with E-state index in [1.54, 1.807) is 6.07 Å². The molecule has 1 fully saturated rings. The number of carbonyl (C=O) groups is 2. The second-order valence-electron chi connectivity index (χ2n) is 4.65. The lowest BCUT2D eigenvalue weighted by Gasteiger charge is -2.18. The highest BCUT2D eigenvalue weighted by molar-refractivity contribution is 6.34. The van der Waals surface area contributed by atoms with Crippen LogP contribution in [0.25, 0.3) is 10.4 Å². The van der Waals surface area contributed by atoms with Crippen molar-refractivity contribution in [3.63, 3.8) is 0 Å². The molecule has 1 saturated heterocycles. The van der Waals surface area contributed by atoms with Crippen LogP contribution in [0, 0.1) is 5.92 Å². The SMILES string of the molecule is COC(=O)c1ccc(Cl)c(N2CC(CN=[N+]=[N-])CC2=O)c1. The third kappa shape index (κ3) is 3.26. The average Bonchev–Trinajstić information content (AvgIpc) is 2.85. The highest BCUT2D eigenvalue weighted by Gasteiger charge is 2.31. The van der Waals surface area contributed by atoms with Gasteiger partial charge in [0.1, 0.15) is 0 Å². The van der Waals surface area contributed by atoms with E-state index in [1.807, 2.05) is 0 Å². The zero-order valence-electron chi connectivity index (χ0n) is 11.3. The molecule has 110 valence electrons. The molecule has 1 unspecified atom stereocenters. The first kappa shape index (κ1) is 15.2. The number of methoxy groups -OCH3 is 1. The van der Waals surface area contributed by atoms with Crippen LogP contribution >= 0.6 is 11.6 Å². The highest BCUT2D eigenvalue weighted by Crippen LogP contribution is 2.32. The summed E-state index contributed by atoms with van der Waals surface area (Å²) in [5, 5.41) is 3.87. The molecular formula is C13H13ClN4O3. The standard InChI is InChI=1S/C13H13ClN4O3/c1-21-13(20)9-2-3-10(14)11(5-9)18-7-8(4-12(18)19)6-16-17-15/h2-3,5,8H,4,6-7H2,1H3. The Morgan fingerprint density at radius 1 is 1.62 bits per heavy atom. The van der Waals surface area contributed by atoms with Crippen LogP contribution in [-0.2, 0) is 9.53 Å². The van der Waals surface area contributed by atoms with E-state index < -0.39 is 5.97 Å². The van der Waals surface area contributed by atoms with E-state index in [1.165, 1.54) is 24.1 Å². The lowest BCUT2D eigenvalue weighted by molar-refractivity contribution is -0.117. The van der Waals surface area contributed by atoms with Crippen LogP contribution < -0.4 is 4.90 Å². The first-order chi connectivity index (χ1) is 10.1. The Labute approximate surface area is 126 Å². The Hall–Kier alpha value is -2.24. The van der Waals surface area contributed by atoms with Crippen molar-refractivity contribution in [2.75, 3.05) is 25.1 Å². The summed E-state index contributed by atoms with van der Waals surface area (Å²) in [5.41, 5.74) is 9.12. The van der Waals surface area contributed by atoms with E-state index in [0.717, 1.165) is 0 Å². The van der Waals surface area contributed by atoms with Crippen LogP contribution in [0.5, 0.6) is 0 Å². The molecular weight excluding hydrogens is 296 g/mol. The fourth-order valence-corrected chi connectivity index (χ4v) is 2.47. The van der Waals surface area contributed by atoms with Gasteiger partial charge in [-0.2, -0.15) is 0 Å². The Morgan fingerprint density at radius 2 is 2.38 bits per heavy atom. The fourth-order valence-electron chi connectivity index (χ4n) is 2.25. The van der Waals surface area contributed by atoms with Gasteiger partial charge in [0, 0.05) is 24.4 Å². The number of azide groups is 1. The summed E-state index contributed by atoms with van der Waals surface area (Å²) in [7, 11) is 1.29. The van der Waals surface area contributed by atoms with Gasteiger partial charge in [-0.05, 0) is 29.6 Å². The summed E-state index contributed by atoms with van der Waals surface area (Å²) in [6, 6.07) is 4.62. The van der Waals surface area contributed by atoms with Crippen LogP contribution in [0.15, 0.2) is 23.3 Å². The van der Waals surface area contributed by atoms with Gasteiger partial charge < -0.3 is 9.64 Å². The molecule has 21 heavy (non-hydrogen) atoms. The van der Waals surface area contributed by atoms with Crippen LogP contribution in [0.2, 0.25) is 5.02 Å². The summed E-state index contributed by atoms with van der Waals surface area (Å²) < 4.78 is 4.65. The van der Waals surface area contributed by atoms with Gasteiger partial charge in [-0.25, -0.2) is 4.79 Å². The van der Waals surface area contributed by atoms with Gasteiger partial charge in [0.05, 0.1) is 23.4 Å². The van der Waals surface area contributed by atoms with Gasteiger partial charge in [0.2, 0.25) is 5.91 Å². The largest absolute Gasteiger partial charge is 0.465 e. The molecule has 1 aliphatic heterocycles. The van der Waals surface area contributed by atoms with Crippen molar-refractivity contribution < 1.29 is 14.3 Å². The topological polar surface area (TPSA) is 95.4 Å². The van der Waals surface area contributed by atoms with Crippen LogP contribution in [-0.4, -0.2) is 32.1 Å². The van der Waals surface area contributed by atoms with E-state index in [4.69, 9.17) is 17.1 Å². The molecule has 0 spiro atoms. The molecule has 0 aliphatic carbocycles. The van der Waals surface area contributed by atoms with E-state index >= 15 is 0 Å². The summed E-state index contributed by atoms with van der Waals surface area (Å²) in [6.07, 6.45) is 0.289. The number of esters is 1. The zero-order chi connectivity index (χ0) is 15.4. The third-order valence-corrected chi connectivity index (χ3v) is 3.59. The lowest BCUT2D eigenvalue weighted by Crippen LogP contribution is -2.25. The first-order valence-corrected chi connectivity index (χ1v) is 6.63. The van der Waals surface area contributed by atoms with Crippen LogP contribution in [0.4, 0.5) is 5.69 Å². The molecule has 1 aromatic rings. The predicted molar refractivity (Wildman–Crippen MR) is 77.3 cm³/mol. The zero-order valence-corrected chi connectivity index (χ0v) is 12.1. The van der Waals surface area contributed by atoms with Crippen molar-refractivity contribution in [1.82, 2.24) is 0 Å². The predicted octanol–water partition coefficient (Wildman–Crippen LogP) is 2.79. The minimum absolute atomic E-state index is 0.0498. The maximum absolute atomic E-state index is 12.1. The third-order valence-electron chi connectivity index (χ3n) is 3.27. The fraction of sp³-hybridized carbons (Fsp3) is 0.385. The molecule has 1 atom stereocenters. The molecule has 0 radical (unpaired) electrons. The number of ether oxygens (including phenoxy) is 1. The molecule has 2 rings (SSSR count). The second-order valence-corrected chi connectivity index (χ2v) is 5.05.